The summed E-state index contributed by atoms with van der Waals surface area (Å²) in [4.78, 5) is 10.3. The normalized spacial score (nSPS) is 19.3. The van der Waals surface area contributed by atoms with Crippen LogP contribution in [0.5, 0.6) is 5.75 Å². The lowest BCUT2D eigenvalue weighted by Gasteiger charge is -2.01. The number of rotatable bonds is 2. The van der Waals surface area contributed by atoms with E-state index in [0.29, 0.717) is 12.3 Å². The Labute approximate surface area is 77.5 Å². The predicted molar refractivity (Wildman–Crippen MR) is 50.1 cm³/mol. The summed E-state index contributed by atoms with van der Waals surface area (Å²) in [6, 6.07) is 6.03. The average Bonchev–Trinajstić information content (AvgIpc) is 2.48. The van der Waals surface area contributed by atoms with E-state index in [0.717, 1.165) is 24.2 Å². The number of hydrogen-bond acceptors (Lipinski definition) is 2. The largest absolute Gasteiger partial charge is 0.493 e. The van der Waals surface area contributed by atoms with E-state index in [4.69, 9.17) is 4.74 Å². The fourth-order valence-electron chi connectivity index (χ4n) is 1.64. The maximum atomic E-state index is 10.3. The van der Waals surface area contributed by atoms with E-state index in [1.165, 1.54) is 5.56 Å². The molecule has 1 heterocycles. The highest BCUT2D eigenvalue weighted by Crippen LogP contribution is 2.33. The van der Waals surface area contributed by atoms with Gasteiger partial charge in [0.1, 0.15) is 12.0 Å². The minimum atomic E-state index is 0.477. The Balaban J connectivity index is 2.33. The topological polar surface area (TPSA) is 26.3 Å². The number of fused-ring (bicyclic) bond motifs is 1. The molecule has 2 rings (SSSR count). The van der Waals surface area contributed by atoms with Crippen LogP contribution in [-0.2, 0) is 11.2 Å². The van der Waals surface area contributed by atoms with Crippen LogP contribution in [0.25, 0.3) is 0 Å². The zero-order chi connectivity index (χ0) is 9.26. The summed E-state index contributed by atoms with van der Waals surface area (Å²) in [5.74, 6) is 1.44. The Kier molecular flexibility index (Phi) is 2.05. The summed E-state index contributed by atoms with van der Waals surface area (Å²) < 4.78 is 5.48. The molecular weight excluding hydrogens is 164 g/mol. The molecule has 2 heteroatoms. The van der Waals surface area contributed by atoms with Crippen molar-refractivity contribution < 1.29 is 9.53 Å². The smallest absolute Gasteiger partial charge is 0.124 e. The van der Waals surface area contributed by atoms with E-state index in [9.17, 15) is 4.79 Å². The third-order valence-corrected chi connectivity index (χ3v) is 2.42. The van der Waals surface area contributed by atoms with Crippen molar-refractivity contribution in [1.82, 2.24) is 0 Å². The molecule has 68 valence electrons. The zero-order valence-electron chi connectivity index (χ0n) is 7.62. The van der Waals surface area contributed by atoms with Gasteiger partial charge in [0.15, 0.2) is 0 Å². The van der Waals surface area contributed by atoms with Crippen LogP contribution in [0.3, 0.4) is 0 Å². The van der Waals surface area contributed by atoms with E-state index in [1.807, 2.05) is 12.1 Å². The third kappa shape index (κ3) is 1.44. The summed E-state index contributed by atoms with van der Waals surface area (Å²) in [6.45, 7) is 2.91. The Bertz CT molecular complexity index is 331. The maximum absolute atomic E-state index is 10.3. The number of carbonyl (C=O) groups excluding carboxylic acids is 1. The fourth-order valence-corrected chi connectivity index (χ4v) is 1.64. The molecule has 0 saturated heterocycles. The standard InChI is InChI=1S/C11H12O2/c1-8-7-13-11-6-9(4-5-12)2-3-10(8)11/h2-3,5-6,8H,4,7H2,1H3. The van der Waals surface area contributed by atoms with Crippen molar-refractivity contribution in [3.05, 3.63) is 29.3 Å². The lowest BCUT2D eigenvalue weighted by molar-refractivity contribution is -0.107. The Hall–Kier alpha value is -1.31. The van der Waals surface area contributed by atoms with Crippen LogP contribution in [-0.4, -0.2) is 12.9 Å². The van der Waals surface area contributed by atoms with E-state index in [2.05, 4.69) is 13.0 Å². The van der Waals surface area contributed by atoms with Gasteiger partial charge < -0.3 is 9.53 Å². The molecular formula is C11H12O2. The van der Waals surface area contributed by atoms with Crippen molar-refractivity contribution in [2.24, 2.45) is 0 Å². The van der Waals surface area contributed by atoms with E-state index >= 15 is 0 Å². The van der Waals surface area contributed by atoms with E-state index in [1.54, 1.807) is 0 Å². The Morgan fingerprint density at radius 1 is 1.62 bits per heavy atom. The predicted octanol–water partition coefficient (Wildman–Crippen LogP) is 1.92. The molecule has 0 radical (unpaired) electrons. The summed E-state index contributed by atoms with van der Waals surface area (Å²) in [5.41, 5.74) is 2.29. The van der Waals surface area contributed by atoms with Crippen molar-refractivity contribution >= 4 is 6.29 Å². The molecule has 0 bridgehead atoms. The van der Waals surface area contributed by atoms with Crippen LogP contribution in [0.15, 0.2) is 18.2 Å². The second-order valence-electron chi connectivity index (χ2n) is 3.46. The highest BCUT2D eigenvalue weighted by Gasteiger charge is 2.19. The molecule has 1 atom stereocenters. The quantitative estimate of drug-likeness (QED) is 0.643. The molecule has 1 unspecified atom stereocenters. The van der Waals surface area contributed by atoms with Gasteiger partial charge in [-0.1, -0.05) is 19.1 Å². The van der Waals surface area contributed by atoms with Crippen LogP contribution in [0.1, 0.15) is 24.0 Å². The number of carbonyl (C=O) groups is 1. The molecule has 13 heavy (non-hydrogen) atoms. The first-order valence-corrected chi connectivity index (χ1v) is 4.50. The molecule has 0 saturated carbocycles. The third-order valence-electron chi connectivity index (χ3n) is 2.42. The van der Waals surface area contributed by atoms with Gasteiger partial charge in [0.2, 0.25) is 0 Å². The van der Waals surface area contributed by atoms with Gasteiger partial charge in [-0.05, 0) is 11.6 Å². The number of ether oxygens (including phenoxy) is 1. The molecule has 0 aromatic heterocycles. The minimum absolute atomic E-state index is 0.477. The summed E-state index contributed by atoms with van der Waals surface area (Å²) in [6.07, 6.45) is 1.39. The Morgan fingerprint density at radius 3 is 3.23 bits per heavy atom. The molecule has 0 amide bonds. The lowest BCUT2D eigenvalue weighted by Crippen LogP contribution is -1.93. The SMILES string of the molecule is CC1COc2cc(CC=O)ccc21. The van der Waals surface area contributed by atoms with Gasteiger partial charge in [0.05, 0.1) is 6.61 Å². The summed E-state index contributed by atoms with van der Waals surface area (Å²) in [5, 5.41) is 0. The van der Waals surface area contributed by atoms with E-state index in [-0.39, 0.29) is 0 Å². The first-order valence-electron chi connectivity index (χ1n) is 4.50. The molecule has 1 aliphatic rings. The maximum Gasteiger partial charge on any atom is 0.124 e. The monoisotopic (exact) mass is 176 g/mol. The molecule has 1 aromatic rings. The van der Waals surface area contributed by atoms with Crippen LogP contribution in [0, 0.1) is 0 Å². The van der Waals surface area contributed by atoms with Crippen molar-refractivity contribution in [2.45, 2.75) is 19.3 Å². The Morgan fingerprint density at radius 2 is 2.46 bits per heavy atom. The number of aldehydes is 1. The van der Waals surface area contributed by atoms with Gasteiger partial charge >= 0.3 is 0 Å². The van der Waals surface area contributed by atoms with Gasteiger partial charge in [0, 0.05) is 17.9 Å². The van der Waals surface area contributed by atoms with Gasteiger partial charge in [-0.15, -0.1) is 0 Å². The first kappa shape index (κ1) is 8.30. The highest BCUT2D eigenvalue weighted by molar-refractivity contribution is 5.56. The van der Waals surface area contributed by atoms with Gasteiger partial charge in [-0.2, -0.15) is 0 Å². The molecule has 0 N–H and O–H groups in total. The number of hydrogen-bond donors (Lipinski definition) is 0. The van der Waals surface area contributed by atoms with E-state index < -0.39 is 0 Å². The van der Waals surface area contributed by atoms with Gasteiger partial charge in [-0.3, -0.25) is 0 Å². The lowest BCUT2D eigenvalue weighted by atomic mass is 10.0. The molecule has 1 aliphatic heterocycles. The highest BCUT2D eigenvalue weighted by atomic mass is 16.5. The van der Waals surface area contributed by atoms with Gasteiger partial charge in [0.25, 0.3) is 0 Å². The van der Waals surface area contributed by atoms with Gasteiger partial charge in [-0.25, -0.2) is 0 Å². The molecule has 1 aromatic carbocycles. The number of benzene rings is 1. The molecule has 2 nitrogen and oxygen atoms in total. The second-order valence-corrected chi connectivity index (χ2v) is 3.46. The van der Waals surface area contributed by atoms with Crippen LogP contribution in [0.2, 0.25) is 0 Å². The van der Waals surface area contributed by atoms with Crippen LogP contribution < -0.4 is 4.74 Å². The van der Waals surface area contributed by atoms with Crippen molar-refractivity contribution in [3.8, 4) is 5.75 Å². The summed E-state index contributed by atoms with van der Waals surface area (Å²) in [7, 11) is 0. The molecule has 0 aliphatic carbocycles. The fraction of sp³-hybridized carbons (Fsp3) is 0.364. The molecule has 0 fully saturated rings. The zero-order valence-corrected chi connectivity index (χ0v) is 7.62. The van der Waals surface area contributed by atoms with Crippen molar-refractivity contribution in [1.29, 1.82) is 0 Å². The van der Waals surface area contributed by atoms with Crippen molar-refractivity contribution in [2.75, 3.05) is 6.61 Å². The van der Waals surface area contributed by atoms with Crippen molar-refractivity contribution in [3.63, 3.8) is 0 Å². The van der Waals surface area contributed by atoms with Crippen LogP contribution in [0.4, 0.5) is 0 Å². The second kappa shape index (κ2) is 3.21. The first-order chi connectivity index (χ1) is 6.31. The molecule has 0 spiro atoms. The average molecular weight is 176 g/mol. The minimum Gasteiger partial charge on any atom is -0.493 e. The van der Waals surface area contributed by atoms with Crippen LogP contribution >= 0.6 is 0 Å². The summed E-state index contributed by atoms with van der Waals surface area (Å²) >= 11 is 0.